The summed E-state index contributed by atoms with van der Waals surface area (Å²) in [6.07, 6.45) is -4.95. The Bertz CT molecular complexity index is 544. The first-order chi connectivity index (χ1) is 10.6. The smallest absolute Gasteiger partial charge is 0.314 e. The predicted octanol–water partition coefficient (Wildman–Crippen LogP) is 4.13. The summed E-state index contributed by atoms with van der Waals surface area (Å²) in [7, 11) is 0. The molecular weight excluding hydrogens is 301 g/mol. The third-order valence-corrected chi connectivity index (χ3v) is 5.41. The summed E-state index contributed by atoms with van der Waals surface area (Å²) < 4.78 is 39.7. The van der Waals surface area contributed by atoms with Crippen LogP contribution in [-0.4, -0.2) is 37.3 Å². The number of alkyl halides is 3. The largest absolute Gasteiger partial charge is 0.390 e. The van der Waals surface area contributed by atoms with Gasteiger partial charge in [0.2, 0.25) is 0 Å². The number of hydrogen-bond donors (Lipinski definition) is 1. The highest BCUT2D eigenvalue weighted by molar-refractivity contribution is 5.50. The fraction of sp³-hybridized carbons (Fsp3) is 0.667. The van der Waals surface area contributed by atoms with Crippen LogP contribution in [0.1, 0.15) is 45.8 Å². The van der Waals surface area contributed by atoms with Gasteiger partial charge in [0, 0.05) is 32.2 Å². The van der Waals surface area contributed by atoms with Crippen molar-refractivity contribution in [3.05, 3.63) is 33.4 Å². The molecule has 2 nitrogen and oxygen atoms in total. The maximum atomic E-state index is 13.2. The predicted molar refractivity (Wildman–Crippen MR) is 88.0 cm³/mol. The summed E-state index contributed by atoms with van der Waals surface area (Å²) in [5.41, 5.74) is 6.33. The Labute approximate surface area is 137 Å². The second-order valence-electron chi connectivity index (χ2n) is 6.66. The highest BCUT2D eigenvalue weighted by Crippen LogP contribution is 2.39. The van der Waals surface area contributed by atoms with Crippen LogP contribution < -0.4 is 5.32 Å². The van der Waals surface area contributed by atoms with Crippen LogP contribution in [-0.2, 0) is 0 Å². The fourth-order valence-electron chi connectivity index (χ4n) is 3.66. The Balaban J connectivity index is 2.54. The molecule has 0 unspecified atom stereocenters. The Kier molecular flexibility index (Phi) is 5.41. The van der Waals surface area contributed by atoms with Crippen LogP contribution in [0.4, 0.5) is 13.2 Å². The van der Waals surface area contributed by atoms with Crippen molar-refractivity contribution >= 4 is 0 Å². The van der Waals surface area contributed by atoms with E-state index in [2.05, 4.69) is 12.2 Å². The van der Waals surface area contributed by atoms with Gasteiger partial charge in [-0.15, -0.1) is 0 Å². The molecule has 1 N–H and O–H groups in total. The van der Waals surface area contributed by atoms with E-state index in [1.54, 1.807) is 0 Å². The number of halogens is 3. The zero-order chi connectivity index (χ0) is 17.4. The Hall–Kier alpha value is -1.07. The molecule has 1 aliphatic heterocycles. The van der Waals surface area contributed by atoms with Crippen LogP contribution in [0.15, 0.2) is 0 Å². The van der Waals surface area contributed by atoms with Crippen molar-refractivity contribution in [1.82, 2.24) is 10.2 Å². The molecule has 0 saturated carbocycles. The highest BCUT2D eigenvalue weighted by atomic mass is 19.4. The second kappa shape index (κ2) is 6.81. The molecule has 2 rings (SSSR count). The molecule has 0 aromatic heterocycles. The molecular formula is C18H27F3N2. The molecule has 130 valence electrons. The van der Waals surface area contributed by atoms with Crippen molar-refractivity contribution in [3.8, 4) is 0 Å². The van der Waals surface area contributed by atoms with E-state index in [9.17, 15) is 13.2 Å². The van der Waals surface area contributed by atoms with Crippen molar-refractivity contribution in [2.45, 2.75) is 53.3 Å². The molecule has 1 atom stereocenters. The van der Waals surface area contributed by atoms with Gasteiger partial charge in [-0.25, -0.2) is 0 Å². The lowest BCUT2D eigenvalue weighted by molar-refractivity contribution is -0.148. The number of rotatable bonds is 3. The zero-order valence-electron chi connectivity index (χ0n) is 14.7. The number of hydrogen-bond acceptors (Lipinski definition) is 2. The lowest BCUT2D eigenvalue weighted by Gasteiger charge is -2.38. The van der Waals surface area contributed by atoms with Crippen molar-refractivity contribution in [2.75, 3.05) is 26.2 Å². The number of nitrogens with zero attached hydrogens (tertiary/aromatic N) is 1. The topological polar surface area (TPSA) is 15.3 Å². The molecule has 1 heterocycles. The Morgan fingerprint density at radius 3 is 1.74 bits per heavy atom. The van der Waals surface area contributed by atoms with Gasteiger partial charge in [-0.3, -0.25) is 4.90 Å². The maximum absolute atomic E-state index is 13.2. The number of benzene rings is 1. The minimum absolute atomic E-state index is 0.588. The third kappa shape index (κ3) is 3.89. The minimum atomic E-state index is -4.17. The van der Waals surface area contributed by atoms with E-state index in [4.69, 9.17) is 0 Å². The first kappa shape index (κ1) is 18.3. The van der Waals surface area contributed by atoms with Crippen LogP contribution in [0.2, 0.25) is 0 Å². The number of nitrogens with one attached hydrogen (secondary N) is 1. The molecule has 1 fully saturated rings. The minimum Gasteiger partial charge on any atom is -0.314 e. The van der Waals surface area contributed by atoms with E-state index in [0.717, 1.165) is 40.9 Å². The van der Waals surface area contributed by atoms with Gasteiger partial charge in [-0.1, -0.05) is 0 Å². The van der Waals surface area contributed by atoms with Crippen molar-refractivity contribution < 1.29 is 13.2 Å². The van der Waals surface area contributed by atoms with Gasteiger partial charge < -0.3 is 5.32 Å². The average Bonchev–Trinajstić information content (AvgIpc) is 2.50. The summed E-state index contributed by atoms with van der Waals surface area (Å²) in [5, 5.41) is 3.22. The monoisotopic (exact) mass is 328 g/mol. The lowest BCUT2D eigenvalue weighted by Crippen LogP contribution is -2.46. The standard InChI is InChI=1S/C18H27F3N2/c1-11-12(2)14(4)17(15(5)13(11)3)16(10-18(19,20)21)23-8-6-22-7-9-23/h16,22H,6-10H2,1-5H3/t16-/m1/s1. The summed E-state index contributed by atoms with van der Waals surface area (Å²) in [6.45, 7) is 12.8. The Morgan fingerprint density at radius 2 is 1.30 bits per heavy atom. The third-order valence-electron chi connectivity index (χ3n) is 5.41. The van der Waals surface area contributed by atoms with Crippen LogP contribution in [0, 0.1) is 34.6 Å². The summed E-state index contributed by atoms with van der Waals surface area (Å²) in [5.74, 6) is 0. The van der Waals surface area contributed by atoms with Crippen molar-refractivity contribution in [1.29, 1.82) is 0 Å². The molecule has 0 aliphatic carbocycles. The van der Waals surface area contributed by atoms with Crippen molar-refractivity contribution in [3.63, 3.8) is 0 Å². The first-order valence-electron chi connectivity index (χ1n) is 8.22. The van der Waals surface area contributed by atoms with E-state index < -0.39 is 18.6 Å². The molecule has 1 aromatic rings. The second-order valence-corrected chi connectivity index (χ2v) is 6.66. The molecule has 0 radical (unpaired) electrons. The maximum Gasteiger partial charge on any atom is 0.390 e. The van der Waals surface area contributed by atoms with Crippen LogP contribution in [0.3, 0.4) is 0 Å². The van der Waals surface area contributed by atoms with E-state index in [1.807, 2.05) is 32.6 Å². The lowest BCUT2D eigenvalue weighted by atomic mass is 9.84. The molecule has 1 aliphatic rings. The van der Waals surface area contributed by atoms with Gasteiger partial charge in [0.15, 0.2) is 0 Å². The van der Waals surface area contributed by atoms with Crippen LogP contribution >= 0.6 is 0 Å². The fourth-order valence-corrected chi connectivity index (χ4v) is 3.66. The highest BCUT2D eigenvalue weighted by Gasteiger charge is 2.37. The summed E-state index contributed by atoms with van der Waals surface area (Å²) in [4.78, 5) is 1.99. The van der Waals surface area contributed by atoms with Gasteiger partial charge in [0.25, 0.3) is 0 Å². The normalized spacial score (nSPS) is 18.3. The quantitative estimate of drug-likeness (QED) is 0.897. The molecule has 0 spiro atoms. The van der Waals surface area contributed by atoms with Crippen LogP contribution in [0.25, 0.3) is 0 Å². The molecule has 0 bridgehead atoms. The van der Waals surface area contributed by atoms with E-state index >= 15 is 0 Å². The van der Waals surface area contributed by atoms with Gasteiger partial charge in [-0.2, -0.15) is 13.2 Å². The average molecular weight is 328 g/mol. The van der Waals surface area contributed by atoms with Gasteiger partial charge >= 0.3 is 6.18 Å². The van der Waals surface area contributed by atoms with Crippen molar-refractivity contribution in [2.24, 2.45) is 0 Å². The van der Waals surface area contributed by atoms with Gasteiger partial charge in [0.05, 0.1) is 6.42 Å². The zero-order valence-corrected chi connectivity index (χ0v) is 14.7. The molecule has 0 amide bonds. The molecule has 1 aromatic carbocycles. The molecule has 5 heteroatoms. The number of piperazine rings is 1. The van der Waals surface area contributed by atoms with Gasteiger partial charge in [0.1, 0.15) is 0 Å². The first-order valence-corrected chi connectivity index (χ1v) is 8.22. The van der Waals surface area contributed by atoms with E-state index in [1.165, 1.54) is 5.56 Å². The summed E-state index contributed by atoms with van der Waals surface area (Å²) in [6, 6.07) is -0.588. The van der Waals surface area contributed by atoms with Crippen LogP contribution in [0.5, 0.6) is 0 Å². The van der Waals surface area contributed by atoms with Gasteiger partial charge in [-0.05, 0) is 68.0 Å². The van der Waals surface area contributed by atoms with E-state index in [0.29, 0.717) is 13.1 Å². The van der Waals surface area contributed by atoms with E-state index in [-0.39, 0.29) is 0 Å². The SMILES string of the molecule is Cc1c(C)c(C)c([C@@H](CC(F)(F)F)N2CCNCC2)c(C)c1C. The molecule has 23 heavy (non-hydrogen) atoms. The Morgan fingerprint density at radius 1 is 0.870 bits per heavy atom. The summed E-state index contributed by atoms with van der Waals surface area (Å²) >= 11 is 0. The molecule has 1 saturated heterocycles.